The van der Waals surface area contributed by atoms with Crippen LogP contribution in [-0.4, -0.2) is 27.4 Å². The molecule has 0 aliphatic heterocycles. The maximum absolute atomic E-state index is 11.7. The normalized spacial score (nSPS) is 11.2. The van der Waals surface area contributed by atoms with E-state index >= 15 is 0 Å². The maximum atomic E-state index is 11.7. The van der Waals surface area contributed by atoms with Gasteiger partial charge in [-0.3, -0.25) is 4.79 Å². The highest BCUT2D eigenvalue weighted by atomic mass is 32.2. The summed E-state index contributed by atoms with van der Waals surface area (Å²) < 4.78 is 25.8. The van der Waals surface area contributed by atoms with Crippen molar-refractivity contribution in [3.63, 3.8) is 0 Å². The zero-order valence-corrected chi connectivity index (χ0v) is 11.0. The Morgan fingerprint density at radius 2 is 1.89 bits per heavy atom. The molecule has 0 heterocycles. The van der Waals surface area contributed by atoms with Gasteiger partial charge in [0.15, 0.2) is 0 Å². The molecule has 1 amide bonds. The van der Waals surface area contributed by atoms with Gasteiger partial charge in [0.05, 0.1) is 4.90 Å². The van der Waals surface area contributed by atoms with Crippen LogP contribution in [0.5, 0.6) is 0 Å². The number of carbonyl (C=O) groups excluding carboxylic acids is 1. The zero-order chi connectivity index (χ0) is 13.6. The van der Waals surface area contributed by atoms with Gasteiger partial charge in [-0.15, -0.1) is 0 Å². The van der Waals surface area contributed by atoms with Crippen LogP contribution in [0.15, 0.2) is 29.2 Å². The lowest BCUT2D eigenvalue weighted by Gasteiger charge is -2.07. The first kappa shape index (κ1) is 14.6. The van der Waals surface area contributed by atoms with Gasteiger partial charge in [-0.2, -0.15) is 0 Å². The SMILES string of the molecule is CCC(=O)Nc1ccc(S(=O)(=O)NCCN)cc1. The van der Waals surface area contributed by atoms with Crippen LogP contribution in [0.1, 0.15) is 13.3 Å². The Balaban J connectivity index is 2.79. The van der Waals surface area contributed by atoms with Crippen LogP contribution >= 0.6 is 0 Å². The van der Waals surface area contributed by atoms with E-state index in [0.717, 1.165) is 0 Å². The molecule has 0 unspecified atom stereocenters. The van der Waals surface area contributed by atoms with Crippen LogP contribution in [0, 0.1) is 0 Å². The van der Waals surface area contributed by atoms with Crippen molar-refractivity contribution in [2.45, 2.75) is 18.2 Å². The monoisotopic (exact) mass is 271 g/mol. The molecule has 0 atom stereocenters. The molecule has 0 fully saturated rings. The van der Waals surface area contributed by atoms with Gasteiger partial charge in [-0.1, -0.05) is 6.92 Å². The Morgan fingerprint density at radius 1 is 1.28 bits per heavy atom. The second kappa shape index (κ2) is 6.48. The van der Waals surface area contributed by atoms with E-state index in [9.17, 15) is 13.2 Å². The topological polar surface area (TPSA) is 101 Å². The first-order valence-electron chi connectivity index (χ1n) is 5.59. The molecule has 1 aromatic rings. The molecule has 100 valence electrons. The molecule has 4 N–H and O–H groups in total. The fourth-order valence-electron chi connectivity index (χ4n) is 1.24. The van der Waals surface area contributed by atoms with E-state index in [0.29, 0.717) is 12.1 Å². The molecular formula is C11H17N3O3S. The highest BCUT2D eigenvalue weighted by Gasteiger charge is 2.12. The molecule has 0 spiro atoms. The van der Waals surface area contributed by atoms with Gasteiger partial charge in [0.25, 0.3) is 0 Å². The number of hydrogen-bond acceptors (Lipinski definition) is 4. The second-order valence-corrected chi connectivity index (χ2v) is 5.38. The van der Waals surface area contributed by atoms with Gasteiger partial charge in [0.1, 0.15) is 0 Å². The van der Waals surface area contributed by atoms with Crippen molar-refractivity contribution in [3.05, 3.63) is 24.3 Å². The highest BCUT2D eigenvalue weighted by Crippen LogP contribution is 2.13. The number of benzene rings is 1. The Hall–Kier alpha value is -1.44. The molecule has 0 radical (unpaired) electrons. The quantitative estimate of drug-likeness (QED) is 0.691. The summed E-state index contributed by atoms with van der Waals surface area (Å²) in [5.74, 6) is -0.119. The molecular weight excluding hydrogens is 254 g/mol. The van der Waals surface area contributed by atoms with E-state index < -0.39 is 10.0 Å². The summed E-state index contributed by atoms with van der Waals surface area (Å²) in [4.78, 5) is 11.3. The molecule has 1 aromatic carbocycles. The molecule has 0 saturated carbocycles. The van der Waals surface area contributed by atoms with E-state index in [4.69, 9.17) is 5.73 Å². The minimum atomic E-state index is -3.52. The molecule has 0 saturated heterocycles. The Morgan fingerprint density at radius 3 is 2.39 bits per heavy atom. The fourth-order valence-corrected chi connectivity index (χ4v) is 2.29. The zero-order valence-electron chi connectivity index (χ0n) is 10.1. The van der Waals surface area contributed by atoms with Gasteiger partial charge in [0.2, 0.25) is 15.9 Å². The van der Waals surface area contributed by atoms with Gasteiger partial charge in [-0.25, -0.2) is 13.1 Å². The van der Waals surface area contributed by atoms with Crippen molar-refractivity contribution in [2.24, 2.45) is 5.73 Å². The smallest absolute Gasteiger partial charge is 0.240 e. The molecule has 18 heavy (non-hydrogen) atoms. The number of nitrogens with two attached hydrogens (primary N) is 1. The summed E-state index contributed by atoms with van der Waals surface area (Å²) in [7, 11) is -3.52. The van der Waals surface area contributed by atoms with Crippen molar-refractivity contribution in [2.75, 3.05) is 18.4 Å². The Kier molecular flexibility index (Phi) is 5.26. The number of hydrogen-bond donors (Lipinski definition) is 3. The first-order valence-corrected chi connectivity index (χ1v) is 7.07. The van der Waals surface area contributed by atoms with Crippen LogP contribution in [0.3, 0.4) is 0 Å². The number of amides is 1. The summed E-state index contributed by atoms with van der Waals surface area (Å²) >= 11 is 0. The molecule has 1 rings (SSSR count). The van der Waals surface area contributed by atoms with Crippen LogP contribution in [0.4, 0.5) is 5.69 Å². The van der Waals surface area contributed by atoms with E-state index in [2.05, 4.69) is 10.0 Å². The molecule has 0 bridgehead atoms. The van der Waals surface area contributed by atoms with E-state index in [1.165, 1.54) is 12.1 Å². The molecule has 6 nitrogen and oxygen atoms in total. The van der Waals surface area contributed by atoms with Crippen LogP contribution < -0.4 is 15.8 Å². The molecule has 0 aliphatic rings. The number of carbonyl (C=O) groups is 1. The highest BCUT2D eigenvalue weighted by molar-refractivity contribution is 7.89. The van der Waals surface area contributed by atoms with E-state index in [1.54, 1.807) is 19.1 Å². The molecule has 0 aliphatic carbocycles. The number of nitrogens with one attached hydrogen (secondary N) is 2. The average Bonchev–Trinajstić information content (AvgIpc) is 2.37. The first-order chi connectivity index (χ1) is 8.49. The third-order valence-electron chi connectivity index (χ3n) is 2.21. The summed E-state index contributed by atoms with van der Waals surface area (Å²) in [6, 6.07) is 5.96. The lowest BCUT2D eigenvalue weighted by atomic mass is 10.3. The minimum Gasteiger partial charge on any atom is -0.329 e. The van der Waals surface area contributed by atoms with Crippen molar-refractivity contribution < 1.29 is 13.2 Å². The summed E-state index contributed by atoms with van der Waals surface area (Å²) in [6.45, 7) is 2.17. The van der Waals surface area contributed by atoms with Gasteiger partial charge in [0, 0.05) is 25.2 Å². The van der Waals surface area contributed by atoms with Gasteiger partial charge < -0.3 is 11.1 Å². The Labute approximate surface area is 107 Å². The summed E-state index contributed by atoms with van der Waals surface area (Å²) in [5, 5.41) is 2.64. The van der Waals surface area contributed by atoms with E-state index in [-0.39, 0.29) is 23.9 Å². The van der Waals surface area contributed by atoms with Crippen LogP contribution in [0.2, 0.25) is 0 Å². The molecule has 0 aromatic heterocycles. The Bertz CT molecular complexity index is 497. The summed E-state index contributed by atoms with van der Waals surface area (Å²) in [5.41, 5.74) is 5.80. The van der Waals surface area contributed by atoms with Gasteiger partial charge in [-0.05, 0) is 24.3 Å². The van der Waals surface area contributed by atoms with Crippen LogP contribution in [-0.2, 0) is 14.8 Å². The number of anilines is 1. The second-order valence-electron chi connectivity index (χ2n) is 3.61. The fraction of sp³-hybridized carbons (Fsp3) is 0.364. The minimum absolute atomic E-state index is 0.119. The van der Waals surface area contributed by atoms with E-state index in [1.807, 2.05) is 0 Å². The van der Waals surface area contributed by atoms with Crippen LogP contribution in [0.25, 0.3) is 0 Å². The third kappa shape index (κ3) is 4.10. The third-order valence-corrected chi connectivity index (χ3v) is 3.68. The summed E-state index contributed by atoms with van der Waals surface area (Å²) in [6.07, 6.45) is 0.373. The van der Waals surface area contributed by atoms with Crippen molar-refractivity contribution in [1.29, 1.82) is 0 Å². The van der Waals surface area contributed by atoms with Crippen molar-refractivity contribution >= 4 is 21.6 Å². The average molecular weight is 271 g/mol. The van der Waals surface area contributed by atoms with Gasteiger partial charge >= 0.3 is 0 Å². The standard InChI is InChI=1S/C11H17N3O3S/c1-2-11(15)14-9-3-5-10(6-4-9)18(16,17)13-8-7-12/h3-6,13H,2,7-8,12H2,1H3,(H,14,15). The predicted octanol–water partition coefficient (Wildman–Crippen LogP) is 0.272. The lowest BCUT2D eigenvalue weighted by Crippen LogP contribution is -2.29. The maximum Gasteiger partial charge on any atom is 0.240 e. The number of sulfonamides is 1. The molecule has 7 heteroatoms. The number of rotatable bonds is 6. The van der Waals surface area contributed by atoms with Crippen molar-refractivity contribution in [1.82, 2.24) is 4.72 Å². The van der Waals surface area contributed by atoms with Crippen molar-refractivity contribution in [3.8, 4) is 0 Å². The predicted molar refractivity (Wildman–Crippen MR) is 69.6 cm³/mol. The largest absolute Gasteiger partial charge is 0.329 e. The lowest BCUT2D eigenvalue weighted by molar-refractivity contribution is -0.115.